The largest absolute Gasteiger partial charge is 0.497 e. The lowest BCUT2D eigenvalue weighted by atomic mass is 9.97. The molecule has 1 aromatic heterocycles. The number of nitrogens with zero attached hydrogens (tertiary/aromatic N) is 3. The molecule has 0 bridgehead atoms. The van der Waals surface area contributed by atoms with Gasteiger partial charge in [-0.2, -0.15) is 18.2 Å². The van der Waals surface area contributed by atoms with Gasteiger partial charge in [0.2, 0.25) is 17.6 Å². The van der Waals surface area contributed by atoms with Crippen LogP contribution in [0.25, 0.3) is 11.4 Å². The van der Waals surface area contributed by atoms with Crippen LogP contribution in [0.4, 0.5) is 18.9 Å². The number of carbonyl (C=O) groups excluding carboxylic acids is 1. The van der Waals surface area contributed by atoms with Crippen LogP contribution in [0.3, 0.4) is 0 Å². The van der Waals surface area contributed by atoms with Gasteiger partial charge < -0.3 is 14.6 Å². The molecule has 1 aliphatic heterocycles. The monoisotopic (exact) mass is 460 g/mol. The maximum absolute atomic E-state index is 12.7. The topological polar surface area (TPSA) is 80.5 Å². The lowest BCUT2D eigenvalue weighted by Gasteiger charge is -2.30. The summed E-state index contributed by atoms with van der Waals surface area (Å²) in [4.78, 5) is 19.2. The van der Waals surface area contributed by atoms with Crippen molar-refractivity contribution in [2.45, 2.75) is 25.6 Å². The van der Waals surface area contributed by atoms with Gasteiger partial charge in [-0.1, -0.05) is 5.16 Å². The second-order valence-electron chi connectivity index (χ2n) is 7.88. The number of aromatic nitrogens is 2. The Morgan fingerprint density at radius 1 is 1.18 bits per heavy atom. The molecule has 7 nitrogen and oxygen atoms in total. The van der Waals surface area contributed by atoms with Crippen LogP contribution in [-0.2, 0) is 17.5 Å². The molecule has 1 amide bonds. The molecular weight excluding hydrogens is 437 g/mol. The predicted octanol–water partition coefficient (Wildman–Crippen LogP) is 4.61. The van der Waals surface area contributed by atoms with Crippen molar-refractivity contribution in [3.05, 3.63) is 60.0 Å². The first-order valence-electron chi connectivity index (χ1n) is 10.5. The van der Waals surface area contributed by atoms with E-state index in [2.05, 4.69) is 20.4 Å². The molecule has 1 aliphatic rings. The summed E-state index contributed by atoms with van der Waals surface area (Å²) in [5.41, 5.74) is 0.391. The number of hydrogen-bond acceptors (Lipinski definition) is 6. The summed E-state index contributed by atoms with van der Waals surface area (Å²) in [6, 6.07) is 11.8. The van der Waals surface area contributed by atoms with E-state index in [1.165, 1.54) is 12.1 Å². The summed E-state index contributed by atoms with van der Waals surface area (Å²) in [7, 11) is 1.59. The van der Waals surface area contributed by atoms with Crippen molar-refractivity contribution >= 4 is 11.6 Å². The Kier molecular flexibility index (Phi) is 6.64. The van der Waals surface area contributed by atoms with Gasteiger partial charge in [-0.15, -0.1) is 0 Å². The van der Waals surface area contributed by atoms with Crippen LogP contribution in [-0.4, -0.2) is 41.1 Å². The zero-order valence-electron chi connectivity index (χ0n) is 17.9. The van der Waals surface area contributed by atoms with E-state index < -0.39 is 11.7 Å². The Balaban J connectivity index is 1.33. The molecule has 1 atom stereocenters. The first-order chi connectivity index (χ1) is 15.8. The third-order valence-electron chi connectivity index (χ3n) is 5.53. The van der Waals surface area contributed by atoms with Crippen LogP contribution in [0.15, 0.2) is 53.1 Å². The van der Waals surface area contributed by atoms with Gasteiger partial charge in [0.1, 0.15) is 5.75 Å². The summed E-state index contributed by atoms with van der Waals surface area (Å²) in [6.45, 7) is 1.68. The Hall–Kier alpha value is -3.40. The molecule has 4 rings (SSSR count). The first kappa shape index (κ1) is 22.8. The number of halogens is 3. The minimum Gasteiger partial charge on any atom is -0.497 e. The van der Waals surface area contributed by atoms with Crippen LogP contribution < -0.4 is 10.1 Å². The molecule has 0 saturated carbocycles. The van der Waals surface area contributed by atoms with Gasteiger partial charge in [-0.05, 0) is 67.9 Å². The highest BCUT2D eigenvalue weighted by atomic mass is 19.4. The number of carbonyl (C=O) groups is 1. The fourth-order valence-electron chi connectivity index (χ4n) is 3.77. The van der Waals surface area contributed by atoms with Gasteiger partial charge in [-0.3, -0.25) is 9.69 Å². The molecule has 174 valence electrons. The van der Waals surface area contributed by atoms with E-state index >= 15 is 0 Å². The molecule has 33 heavy (non-hydrogen) atoms. The van der Waals surface area contributed by atoms with Crippen LogP contribution in [0.2, 0.25) is 0 Å². The number of anilines is 1. The summed E-state index contributed by atoms with van der Waals surface area (Å²) in [6.07, 6.45) is -2.90. The summed E-state index contributed by atoms with van der Waals surface area (Å²) < 4.78 is 48.7. The van der Waals surface area contributed by atoms with Crippen molar-refractivity contribution in [3.8, 4) is 17.1 Å². The van der Waals surface area contributed by atoms with E-state index in [4.69, 9.17) is 9.26 Å². The minimum atomic E-state index is -4.41. The van der Waals surface area contributed by atoms with Gasteiger partial charge in [0.15, 0.2) is 0 Å². The number of rotatable bonds is 6. The molecule has 0 radical (unpaired) electrons. The molecule has 1 saturated heterocycles. The number of alkyl halides is 3. The van der Waals surface area contributed by atoms with Crippen molar-refractivity contribution in [1.29, 1.82) is 0 Å². The average Bonchev–Trinajstić information content (AvgIpc) is 3.27. The Morgan fingerprint density at radius 3 is 2.58 bits per heavy atom. The van der Waals surface area contributed by atoms with Gasteiger partial charge in [-0.25, -0.2) is 0 Å². The smallest absolute Gasteiger partial charge is 0.416 e. The van der Waals surface area contributed by atoms with Gasteiger partial charge in [0, 0.05) is 17.8 Å². The van der Waals surface area contributed by atoms with Crippen molar-refractivity contribution < 1.29 is 27.2 Å². The summed E-state index contributed by atoms with van der Waals surface area (Å²) in [5.74, 6) is 1.15. The van der Waals surface area contributed by atoms with Crippen LogP contribution in [0.5, 0.6) is 5.75 Å². The first-order valence-corrected chi connectivity index (χ1v) is 10.5. The van der Waals surface area contributed by atoms with E-state index in [0.717, 1.165) is 36.4 Å². The van der Waals surface area contributed by atoms with E-state index in [1.807, 2.05) is 24.3 Å². The zero-order valence-corrected chi connectivity index (χ0v) is 17.9. The number of methoxy groups -OCH3 is 1. The molecule has 1 N–H and O–H groups in total. The molecular formula is C23H23F3N4O3. The maximum atomic E-state index is 12.7. The number of benzene rings is 2. The number of nitrogens with one attached hydrogen (secondary N) is 1. The van der Waals surface area contributed by atoms with Crippen molar-refractivity contribution in [2.75, 3.05) is 25.5 Å². The quantitative estimate of drug-likeness (QED) is 0.579. The van der Waals surface area contributed by atoms with Gasteiger partial charge in [0.25, 0.3) is 0 Å². The van der Waals surface area contributed by atoms with E-state index in [-0.39, 0.29) is 11.8 Å². The second-order valence-corrected chi connectivity index (χ2v) is 7.88. The average molecular weight is 460 g/mol. The lowest BCUT2D eigenvalue weighted by Crippen LogP contribution is -2.40. The van der Waals surface area contributed by atoms with Crippen molar-refractivity contribution in [2.24, 2.45) is 5.92 Å². The molecule has 1 unspecified atom stereocenters. The van der Waals surface area contributed by atoms with E-state index in [0.29, 0.717) is 36.9 Å². The van der Waals surface area contributed by atoms with Gasteiger partial charge in [0.05, 0.1) is 25.1 Å². The molecule has 0 spiro atoms. The minimum absolute atomic E-state index is 0.219. The molecule has 1 fully saturated rings. The summed E-state index contributed by atoms with van der Waals surface area (Å²) in [5, 5.41) is 6.74. The Morgan fingerprint density at radius 2 is 1.91 bits per heavy atom. The van der Waals surface area contributed by atoms with Crippen LogP contribution in [0, 0.1) is 5.92 Å². The third kappa shape index (κ3) is 5.70. The molecule has 2 heterocycles. The standard InChI is InChI=1S/C23H23F3N4O3/c1-32-19-10-4-15(5-11-19)21-28-20(33-29-21)14-30-12-2-3-16(13-30)22(31)27-18-8-6-17(7-9-18)23(24,25)26/h4-11,16H,2-3,12-14H2,1H3,(H,27,31). The fraction of sp³-hybridized carbons (Fsp3) is 0.348. The summed E-state index contributed by atoms with van der Waals surface area (Å²) >= 11 is 0. The number of amides is 1. The molecule has 2 aromatic carbocycles. The molecule has 3 aromatic rings. The number of ether oxygens (including phenoxy) is 1. The number of piperidine rings is 1. The predicted molar refractivity (Wildman–Crippen MR) is 114 cm³/mol. The van der Waals surface area contributed by atoms with Crippen molar-refractivity contribution in [1.82, 2.24) is 15.0 Å². The lowest BCUT2D eigenvalue weighted by molar-refractivity contribution is -0.137. The number of likely N-dealkylation sites (tertiary alicyclic amines) is 1. The maximum Gasteiger partial charge on any atom is 0.416 e. The third-order valence-corrected chi connectivity index (χ3v) is 5.53. The fourth-order valence-corrected chi connectivity index (χ4v) is 3.77. The highest BCUT2D eigenvalue weighted by molar-refractivity contribution is 5.92. The zero-order chi connectivity index (χ0) is 23.4. The van der Waals surface area contributed by atoms with Crippen molar-refractivity contribution in [3.63, 3.8) is 0 Å². The van der Waals surface area contributed by atoms with Crippen LogP contribution >= 0.6 is 0 Å². The SMILES string of the molecule is COc1ccc(-c2noc(CN3CCCC(C(=O)Nc4ccc(C(F)(F)F)cc4)C3)n2)cc1. The Labute approximate surface area is 188 Å². The van der Waals surface area contributed by atoms with Gasteiger partial charge >= 0.3 is 6.18 Å². The normalized spacial score (nSPS) is 17.0. The highest BCUT2D eigenvalue weighted by Crippen LogP contribution is 2.30. The second kappa shape index (κ2) is 9.62. The molecule has 0 aliphatic carbocycles. The van der Waals surface area contributed by atoms with E-state index in [9.17, 15) is 18.0 Å². The Bertz CT molecular complexity index is 1080. The number of hydrogen-bond donors (Lipinski definition) is 1. The highest BCUT2D eigenvalue weighted by Gasteiger charge is 2.30. The van der Waals surface area contributed by atoms with E-state index in [1.54, 1.807) is 7.11 Å². The van der Waals surface area contributed by atoms with Crippen LogP contribution in [0.1, 0.15) is 24.3 Å². The molecule has 10 heteroatoms.